The van der Waals surface area contributed by atoms with Gasteiger partial charge >= 0.3 is 0 Å². The molecule has 0 spiro atoms. The van der Waals surface area contributed by atoms with Crippen LogP contribution in [0.1, 0.15) is 0 Å². The third-order valence-corrected chi connectivity index (χ3v) is 0.406. The quantitative estimate of drug-likeness (QED) is 0.495. The van der Waals surface area contributed by atoms with Gasteiger partial charge in [0.05, 0.1) is 0 Å². The van der Waals surface area contributed by atoms with Gasteiger partial charge in [-0.1, -0.05) is 0 Å². The number of nitrogens with zero attached hydrogens (tertiary/aromatic N) is 1. The van der Waals surface area contributed by atoms with Crippen LogP contribution in [0.2, 0.25) is 0 Å². The van der Waals surface area contributed by atoms with Crippen molar-refractivity contribution in [3.63, 3.8) is 0 Å². The zero-order chi connectivity index (χ0) is 3.54. The summed E-state index contributed by atoms with van der Waals surface area (Å²) in [5.74, 6) is 0. The summed E-state index contributed by atoms with van der Waals surface area (Å²) < 4.78 is 0. The molecule has 7 heavy (non-hydrogen) atoms. The number of aromatic amines is 1. The predicted molar refractivity (Wildman–Crippen MR) is 22.2 cm³/mol. The Morgan fingerprint density at radius 3 is 2.29 bits per heavy atom. The SMILES string of the molecule is O.[Ni].c1cn[nH]c1. The molecule has 3 nitrogen and oxygen atoms in total. The van der Waals surface area contributed by atoms with Crippen molar-refractivity contribution in [3.05, 3.63) is 18.5 Å². The van der Waals surface area contributed by atoms with Gasteiger partial charge in [0.15, 0.2) is 0 Å². The molecule has 0 aliphatic carbocycles. The van der Waals surface area contributed by atoms with Crippen molar-refractivity contribution in [1.29, 1.82) is 0 Å². The van der Waals surface area contributed by atoms with E-state index in [4.69, 9.17) is 0 Å². The number of hydrogen-bond donors (Lipinski definition) is 1. The molecular weight excluding hydrogens is 139 g/mol. The van der Waals surface area contributed by atoms with Crippen LogP contribution in [0.5, 0.6) is 0 Å². The third-order valence-electron chi connectivity index (χ3n) is 0.406. The summed E-state index contributed by atoms with van der Waals surface area (Å²) in [7, 11) is 0. The second-order valence-corrected chi connectivity index (χ2v) is 0.766. The molecule has 0 radical (unpaired) electrons. The molecule has 1 rings (SSSR count). The van der Waals surface area contributed by atoms with Crippen molar-refractivity contribution in [1.82, 2.24) is 10.2 Å². The van der Waals surface area contributed by atoms with Crippen LogP contribution in [0.3, 0.4) is 0 Å². The fourth-order valence-electron chi connectivity index (χ4n) is 0.215. The minimum absolute atomic E-state index is 0. The predicted octanol–water partition coefficient (Wildman–Crippen LogP) is -0.418. The number of hydrogen-bond acceptors (Lipinski definition) is 1. The van der Waals surface area contributed by atoms with Gasteiger partial charge in [0.2, 0.25) is 0 Å². The summed E-state index contributed by atoms with van der Waals surface area (Å²) in [6.45, 7) is 0. The van der Waals surface area contributed by atoms with Crippen LogP contribution in [0, 0.1) is 0 Å². The van der Waals surface area contributed by atoms with E-state index < -0.39 is 0 Å². The van der Waals surface area contributed by atoms with Gasteiger partial charge in [0.1, 0.15) is 0 Å². The molecule has 0 amide bonds. The standard InChI is InChI=1S/C3H4N2.Ni.H2O/c1-2-4-5-3-1;;/h1-3H,(H,4,5);;1H2. The van der Waals surface area contributed by atoms with Gasteiger partial charge in [0.25, 0.3) is 0 Å². The first-order valence-electron chi connectivity index (χ1n) is 1.44. The van der Waals surface area contributed by atoms with Gasteiger partial charge in [-0.2, -0.15) is 5.10 Å². The van der Waals surface area contributed by atoms with Crippen molar-refractivity contribution in [2.45, 2.75) is 0 Å². The largest absolute Gasteiger partial charge is 0.412 e. The molecule has 3 N–H and O–H groups in total. The molecule has 1 aromatic rings. The normalized spacial score (nSPS) is 5.71. The van der Waals surface area contributed by atoms with Crippen LogP contribution < -0.4 is 0 Å². The van der Waals surface area contributed by atoms with E-state index in [1.165, 1.54) is 0 Å². The van der Waals surface area contributed by atoms with E-state index in [0.29, 0.717) is 0 Å². The van der Waals surface area contributed by atoms with Gasteiger partial charge in [0, 0.05) is 28.9 Å². The van der Waals surface area contributed by atoms with Crippen LogP contribution in [0.25, 0.3) is 0 Å². The summed E-state index contributed by atoms with van der Waals surface area (Å²) in [4.78, 5) is 0. The summed E-state index contributed by atoms with van der Waals surface area (Å²) in [6.07, 6.45) is 3.46. The Balaban J connectivity index is 0. The monoisotopic (exact) mass is 144 g/mol. The molecule has 0 bridgehead atoms. The molecule has 0 atom stereocenters. The van der Waals surface area contributed by atoms with Crippen molar-refractivity contribution < 1.29 is 22.0 Å². The molecule has 4 heteroatoms. The molecule has 1 heterocycles. The van der Waals surface area contributed by atoms with Crippen molar-refractivity contribution in [2.24, 2.45) is 0 Å². The Morgan fingerprint density at radius 1 is 1.43 bits per heavy atom. The summed E-state index contributed by atoms with van der Waals surface area (Å²) in [5, 5.41) is 6.21. The molecule has 0 saturated heterocycles. The third kappa shape index (κ3) is 3.50. The second-order valence-electron chi connectivity index (χ2n) is 0.766. The first kappa shape index (κ1) is 9.83. The molecule has 0 aliphatic heterocycles. The number of rotatable bonds is 0. The maximum absolute atomic E-state index is 3.60. The van der Waals surface area contributed by atoms with Gasteiger partial charge < -0.3 is 5.48 Å². The van der Waals surface area contributed by atoms with E-state index in [1.54, 1.807) is 12.4 Å². The summed E-state index contributed by atoms with van der Waals surface area (Å²) in [6, 6.07) is 1.83. The second kappa shape index (κ2) is 5.66. The molecule has 0 aliphatic rings. The Kier molecular flexibility index (Phi) is 7.95. The maximum Gasteiger partial charge on any atom is 0.0487 e. The Hall–Kier alpha value is -0.336. The zero-order valence-corrected chi connectivity index (χ0v) is 4.48. The van der Waals surface area contributed by atoms with Gasteiger partial charge in [-0.3, -0.25) is 5.10 Å². The van der Waals surface area contributed by atoms with Crippen LogP contribution >= 0.6 is 0 Å². The number of H-pyrrole nitrogens is 1. The van der Waals surface area contributed by atoms with Crippen molar-refractivity contribution in [3.8, 4) is 0 Å². The Labute approximate surface area is 51.4 Å². The average Bonchev–Trinajstić information content (AvgIpc) is 1.76. The summed E-state index contributed by atoms with van der Waals surface area (Å²) in [5.41, 5.74) is 0. The van der Waals surface area contributed by atoms with Crippen LogP contribution in [0.15, 0.2) is 18.5 Å². The molecule has 0 unspecified atom stereocenters. The van der Waals surface area contributed by atoms with E-state index in [-0.39, 0.29) is 22.0 Å². The topological polar surface area (TPSA) is 60.2 Å². The average molecular weight is 145 g/mol. The Morgan fingerprint density at radius 2 is 2.14 bits per heavy atom. The molecule has 0 aromatic carbocycles. The van der Waals surface area contributed by atoms with E-state index >= 15 is 0 Å². The Bertz CT molecular complexity index is 69.4. The van der Waals surface area contributed by atoms with Crippen LogP contribution in [0.4, 0.5) is 0 Å². The first-order chi connectivity index (χ1) is 2.50. The van der Waals surface area contributed by atoms with Gasteiger partial charge in [-0.15, -0.1) is 0 Å². The zero-order valence-electron chi connectivity index (χ0n) is 3.50. The van der Waals surface area contributed by atoms with Crippen LogP contribution in [-0.2, 0) is 16.5 Å². The summed E-state index contributed by atoms with van der Waals surface area (Å²) >= 11 is 0. The van der Waals surface area contributed by atoms with Gasteiger partial charge in [-0.05, 0) is 6.07 Å². The molecule has 1 aromatic heterocycles. The van der Waals surface area contributed by atoms with E-state index in [9.17, 15) is 0 Å². The maximum atomic E-state index is 3.60. The molecule has 0 saturated carbocycles. The molecular formula is C3H6N2NiO. The smallest absolute Gasteiger partial charge is 0.0487 e. The fourth-order valence-corrected chi connectivity index (χ4v) is 0.215. The van der Waals surface area contributed by atoms with Gasteiger partial charge in [-0.25, -0.2) is 0 Å². The minimum atomic E-state index is 0. The van der Waals surface area contributed by atoms with E-state index in [2.05, 4.69) is 10.2 Å². The fraction of sp³-hybridized carbons (Fsp3) is 0. The number of aromatic nitrogens is 2. The van der Waals surface area contributed by atoms with Crippen LogP contribution in [-0.4, -0.2) is 15.7 Å². The molecule has 0 fully saturated rings. The first-order valence-corrected chi connectivity index (χ1v) is 1.44. The molecule has 44 valence electrons. The number of nitrogens with one attached hydrogen (secondary N) is 1. The minimum Gasteiger partial charge on any atom is -0.412 e. The van der Waals surface area contributed by atoms with E-state index in [1.807, 2.05) is 6.07 Å². The van der Waals surface area contributed by atoms with Crippen molar-refractivity contribution in [2.75, 3.05) is 0 Å². The van der Waals surface area contributed by atoms with Crippen molar-refractivity contribution >= 4 is 0 Å². The van der Waals surface area contributed by atoms with E-state index in [0.717, 1.165) is 0 Å².